The van der Waals surface area contributed by atoms with Crippen LogP contribution in [0.25, 0.3) is 31.8 Å². The van der Waals surface area contributed by atoms with Crippen molar-refractivity contribution in [1.82, 2.24) is 30.3 Å². The number of halogens is 1. The van der Waals surface area contributed by atoms with E-state index in [1.54, 1.807) is 17.1 Å². The number of nitrogens with one attached hydrogen (secondary N) is 2. The molecule has 3 heterocycles. The minimum Gasteiger partial charge on any atom is -0.444 e. The van der Waals surface area contributed by atoms with Gasteiger partial charge in [0.2, 0.25) is 5.95 Å². The minimum atomic E-state index is -0.578. The number of hydrogen-bond donors (Lipinski definition) is 2. The molecule has 200 valence electrons. The number of alkyl carbamates (subject to hydrolysis) is 1. The summed E-state index contributed by atoms with van der Waals surface area (Å²) in [4.78, 5) is 21.5. The Hall–Kier alpha value is -4.38. The molecule has 0 spiro atoms. The standard InChI is InChI=1S/C28H28FN7O2S/c1-28(2,3)38-27(37)32-16-19-7-4-5-9-20(19)21-10-6-8-18-15-23(39-25(18)21)24-22(29)17-31-26(34-24)30-11-13-36-14-12-33-35-36/h4-10,12,14-15,17H,11,13,16H2,1-3H3,(H,32,37)(H,30,31,34). The molecule has 0 saturated heterocycles. The Kier molecular flexibility index (Phi) is 7.51. The number of amides is 1. The molecule has 9 nitrogen and oxygen atoms in total. The normalized spacial score (nSPS) is 11.5. The average Bonchev–Trinajstić information content (AvgIpc) is 3.57. The fourth-order valence-electron chi connectivity index (χ4n) is 4.07. The van der Waals surface area contributed by atoms with Gasteiger partial charge < -0.3 is 15.4 Å². The quantitative estimate of drug-likeness (QED) is 0.250. The zero-order chi connectivity index (χ0) is 27.4. The second-order valence-electron chi connectivity index (χ2n) is 9.83. The number of benzene rings is 2. The van der Waals surface area contributed by atoms with Crippen molar-refractivity contribution >= 4 is 33.5 Å². The smallest absolute Gasteiger partial charge is 0.407 e. The van der Waals surface area contributed by atoms with Gasteiger partial charge >= 0.3 is 6.09 Å². The van der Waals surface area contributed by atoms with E-state index >= 15 is 0 Å². The summed E-state index contributed by atoms with van der Waals surface area (Å²) in [5, 5.41) is 14.6. The van der Waals surface area contributed by atoms with Gasteiger partial charge in [-0.2, -0.15) is 0 Å². The Morgan fingerprint density at radius 1 is 1.13 bits per heavy atom. The molecule has 0 unspecified atom stereocenters. The van der Waals surface area contributed by atoms with Crippen LogP contribution < -0.4 is 10.6 Å². The maximum absolute atomic E-state index is 14.9. The van der Waals surface area contributed by atoms with E-state index in [4.69, 9.17) is 4.74 Å². The number of anilines is 1. The van der Waals surface area contributed by atoms with Gasteiger partial charge in [-0.1, -0.05) is 47.7 Å². The third kappa shape index (κ3) is 6.37. The first-order chi connectivity index (χ1) is 18.8. The molecule has 0 radical (unpaired) electrons. The van der Waals surface area contributed by atoms with Gasteiger partial charge in [-0.05, 0) is 48.9 Å². The van der Waals surface area contributed by atoms with Crippen molar-refractivity contribution in [2.75, 3.05) is 11.9 Å². The van der Waals surface area contributed by atoms with Crippen LogP contribution in [0.4, 0.5) is 15.1 Å². The topological polar surface area (TPSA) is 107 Å². The largest absolute Gasteiger partial charge is 0.444 e. The summed E-state index contributed by atoms with van der Waals surface area (Å²) >= 11 is 1.47. The minimum absolute atomic E-state index is 0.236. The van der Waals surface area contributed by atoms with Crippen molar-refractivity contribution in [3.8, 4) is 21.7 Å². The van der Waals surface area contributed by atoms with E-state index in [1.165, 1.54) is 17.5 Å². The Morgan fingerprint density at radius 3 is 2.74 bits per heavy atom. The molecule has 1 amide bonds. The van der Waals surface area contributed by atoms with Crippen LogP contribution in [0, 0.1) is 5.82 Å². The second kappa shape index (κ2) is 11.2. The van der Waals surface area contributed by atoms with E-state index < -0.39 is 17.5 Å². The van der Waals surface area contributed by atoms with Crippen LogP contribution in [-0.4, -0.2) is 43.2 Å². The average molecular weight is 546 g/mol. The van der Waals surface area contributed by atoms with E-state index in [1.807, 2.05) is 69.3 Å². The number of rotatable bonds is 8. The van der Waals surface area contributed by atoms with E-state index in [9.17, 15) is 9.18 Å². The van der Waals surface area contributed by atoms with Crippen LogP contribution >= 0.6 is 11.3 Å². The van der Waals surface area contributed by atoms with Crippen LogP contribution in [0.1, 0.15) is 26.3 Å². The first-order valence-corrected chi connectivity index (χ1v) is 13.3. The Labute approximate surface area is 229 Å². The predicted molar refractivity (Wildman–Crippen MR) is 150 cm³/mol. The number of nitrogens with zero attached hydrogens (tertiary/aromatic N) is 5. The summed E-state index contributed by atoms with van der Waals surface area (Å²) < 4.78 is 23.0. The number of hydrogen-bond acceptors (Lipinski definition) is 8. The molecule has 5 aromatic rings. The van der Waals surface area contributed by atoms with Gasteiger partial charge in [0.1, 0.15) is 11.3 Å². The summed E-state index contributed by atoms with van der Waals surface area (Å²) in [6.07, 6.45) is 4.08. The van der Waals surface area contributed by atoms with Gasteiger partial charge in [-0.25, -0.2) is 19.2 Å². The van der Waals surface area contributed by atoms with Crippen molar-refractivity contribution in [2.24, 2.45) is 0 Å². The fraction of sp³-hybridized carbons (Fsp3) is 0.250. The molecule has 0 saturated carbocycles. The van der Waals surface area contributed by atoms with Crippen LogP contribution in [0.5, 0.6) is 0 Å². The van der Waals surface area contributed by atoms with Crippen LogP contribution in [-0.2, 0) is 17.8 Å². The van der Waals surface area contributed by atoms with Crippen molar-refractivity contribution in [2.45, 2.75) is 39.5 Å². The SMILES string of the molecule is CC(C)(C)OC(=O)NCc1ccccc1-c1cccc2cc(-c3nc(NCCn4ccnn4)ncc3F)sc12. The first kappa shape index (κ1) is 26.2. The number of ether oxygens (including phenoxy) is 1. The molecule has 3 aromatic heterocycles. The molecule has 2 aromatic carbocycles. The van der Waals surface area contributed by atoms with Crippen LogP contribution in [0.2, 0.25) is 0 Å². The summed E-state index contributed by atoms with van der Waals surface area (Å²) in [6, 6.07) is 15.8. The zero-order valence-corrected chi connectivity index (χ0v) is 22.6. The van der Waals surface area contributed by atoms with Crippen LogP contribution in [0.3, 0.4) is 0 Å². The molecular formula is C28H28FN7O2S. The third-order valence-corrected chi connectivity index (χ3v) is 6.94. The van der Waals surface area contributed by atoms with E-state index in [-0.39, 0.29) is 5.69 Å². The lowest BCUT2D eigenvalue weighted by Gasteiger charge is -2.20. The molecule has 5 rings (SSSR count). The van der Waals surface area contributed by atoms with Gasteiger partial charge in [-0.15, -0.1) is 16.4 Å². The monoisotopic (exact) mass is 545 g/mol. The van der Waals surface area contributed by atoms with Gasteiger partial charge in [0.05, 0.1) is 23.8 Å². The highest BCUT2D eigenvalue weighted by Gasteiger charge is 2.18. The van der Waals surface area contributed by atoms with Gasteiger partial charge in [0.25, 0.3) is 0 Å². The van der Waals surface area contributed by atoms with Gasteiger partial charge in [-0.3, -0.25) is 4.68 Å². The second-order valence-corrected chi connectivity index (χ2v) is 10.9. The lowest BCUT2D eigenvalue weighted by Crippen LogP contribution is -2.32. The Morgan fingerprint density at radius 2 is 1.95 bits per heavy atom. The summed E-state index contributed by atoms with van der Waals surface area (Å²) in [5.74, 6) is -0.158. The first-order valence-electron chi connectivity index (χ1n) is 12.5. The van der Waals surface area contributed by atoms with Crippen molar-refractivity contribution in [3.05, 3.63) is 78.5 Å². The lowest BCUT2D eigenvalue weighted by atomic mass is 9.98. The molecule has 0 bridgehead atoms. The highest BCUT2D eigenvalue weighted by molar-refractivity contribution is 7.22. The third-order valence-electron chi connectivity index (χ3n) is 5.75. The molecule has 0 aliphatic carbocycles. The number of carbonyl (C=O) groups is 1. The maximum atomic E-state index is 14.9. The van der Waals surface area contributed by atoms with Gasteiger partial charge in [0, 0.05) is 24.0 Å². The fourth-order valence-corrected chi connectivity index (χ4v) is 5.25. The summed E-state index contributed by atoms with van der Waals surface area (Å²) in [5.41, 5.74) is 2.57. The molecule has 0 fully saturated rings. The number of aromatic nitrogens is 5. The van der Waals surface area contributed by atoms with Crippen LogP contribution in [0.15, 0.2) is 67.1 Å². The number of carbonyl (C=O) groups excluding carboxylic acids is 1. The Balaban J connectivity index is 1.41. The Bertz CT molecular complexity index is 1600. The molecule has 2 N–H and O–H groups in total. The highest BCUT2D eigenvalue weighted by atomic mass is 32.1. The molecule has 0 aliphatic heterocycles. The molecule has 39 heavy (non-hydrogen) atoms. The van der Waals surface area contributed by atoms with E-state index in [0.29, 0.717) is 30.5 Å². The number of fused-ring (bicyclic) bond motifs is 1. The molecular weight excluding hydrogens is 517 g/mol. The van der Waals surface area contributed by atoms with E-state index in [0.717, 1.165) is 26.8 Å². The highest BCUT2D eigenvalue weighted by Crippen LogP contribution is 2.40. The number of thiophene rings is 1. The molecule has 0 atom stereocenters. The lowest BCUT2D eigenvalue weighted by molar-refractivity contribution is 0.0523. The predicted octanol–water partition coefficient (Wildman–Crippen LogP) is 5.89. The summed E-state index contributed by atoms with van der Waals surface area (Å²) in [6.45, 7) is 6.88. The van der Waals surface area contributed by atoms with Crippen molar-refractivity contribution in [1.29, 1.82) is 0 Å². The molecule has 0 aliphatic rings. The molecule has 11 heteroatoms. The van der Waals surface area contributed by atoms with E-state index in [2.05, 4.69) is 30.9 Å². The van der Waals surface area contributed by atoms with Crippen molar-refractivity contribution in [3.63, 3.8) is 0 Å². The van der Waals surface area contributed by atoms with Crippen molar-refractivity contribution < 1.29 is 13.9 Å². The summed E-state index contributed by atoms with van der Waals surface area (Å²) in [7, 11) is 0. The van der Waals surface area contributed by atoms with Gasteiger partial charge in [0.15, 0.2) is 5.82 Å². The maximum Gasteiger partial charge on any atom is 0.407 e. The zero-order valence-electron chi connectivity index (χ0n) is 21.8.